The molecular weight excluding hydrogens is 334 g/mol. The van der Waals surface area contributed by atoms with E-state index in [1.165, 1.54) is 15.4 Å². The normalized spacial score (nSPS) is 12.7. The van der Waals surface area contributed by atoms with Crippen molar-refractivity contribution in [3.8, 4) is 0 Å². The topological polar surface area (TPSA) is 86.7 Å². The van der Waals surface area contributed by atoms with Crippen molar-refractivity contribution < 1.29 is 8.42 Å². The fourth-order valence-electron chi connectivity index (χ4n) is 2.14. The number of nitrogens with one attached hydrogen (secondary N) is 2. The molecule has 0 unspecified atom stereocenters. The van der Waals surface area contributed by atoms with Crippen LogP contribution in [0.25, 0.3) is 0 Å². The Balaban J connectivity index is 2.36. The summed E-state index contributed by atoms with van der Waals surface area (Å²) in [5.74, 6) is 0.706. The van der Waals surface area contributed by atoms with E-state index in [4.69, 9.17) is 0 Å². The molecule has 23 heavy (non-hydrogen) atoms. The lowest BCUT2D eigenvalue weighted by Gasteiger charge is -2.18. The average molecular weight is 362 g/mol. The highest BCUT2D eigenvalue weighted by Crippen LogP contribution is 2.16. The molecule has 0 spiro atoms. The summed E-state index contributed by atoms with van der Waals surface area (Å²) >= 11 is 1.68. The Morgan fingerprint density at radius 3 is 2.52 bits per heavy atom. The monoisotopic (exact) mass is 361 g/mol. The molecular formula is C14H27N5O2S2. The predicted octanol–water partition coefficient (Wildman–Crippen LogP) is 1.10. The van der Waals surface area contributed by atoms with E-state index in [1.54, 1.807) is 18.4 Å². The van der Waals surface area contributed by atoms with Crippen molar-refractivity contribution in [2.75, 3.05) is 32.9 Å². The lowest BCUT2D eigenvalue weighted by atomic mass is 10.4. The number of thiazole rings is 1. The molecule has 7 nitrogen and oxygen atoms in total. The van der Waals surface area contributed by atoms with Crippen LogP contribution in [0.15, 0.2) is 4.99 Å². The number of hydrogen-bond acceptors (Lipinski definition) is 5. The minimum Gasteiger partial charge on any atom is -0.356 e. The number of aromatic nitrogens is 1. The van der Waals surface area contributed by atoms with E-state index in [2.05, 4.69) is 20.6 Å². The SMILES string of the molecule is CCN(CCCNC(=NC)NCc1sc(C)nc1C)S(C)(=O)=O. The molecule has 0 radical (unpaired) electrons. The Morgan fingerprint density at radius 1 is 1.35 bits per heavy atom. The molecule has 1 aromatic rings. The first kappa shape index (κ1) is 19.9. The molecule has 1 heterocycles. The van der Waals surface area contributed by atoms with Gasteiger partial charge < -0.3 is 10.6 Å². The number of sulfonamides is 1. The van der Waals surface area contributed by atoms with Crippen molar-refractivity contribution in [1.82, 2.24) is 19.9 Å². The fourth-order valence-corrected chi connectivity index (χ4v) is 3.95. The van der Waals surface area contributed by atoms with Gasteiger partial charge in [-0.2, -0.15) is 0 Å². The van der Waals surface area contributed by atoms with Crippen LogP contribution in [0.3, 0.4) is 0 Å². The van der Waals surface area contributed by atoms with E-state index < -0.39 is 10.0 Å². The van der Waals surface area contributed by atoms with E-state index in [-0.39, 0.29) is 0 Å². The summed E-state index contributed by atoms with van der Waals surface area (Å²) in [7, 11) is -1.40. The smallest absolute Gasteiger partial charge is 0.211 e. The highest BCUT2D eigenvalue weighted by molar-refractivity contribution is 7.88. The van der Waals surface area contributed by atoms with Gasteiger partial charge in [0.2, 0.25) is 10.0 Å². The number of nitrogens with zero attached hydrogens (tertiary/aromatic N) is 3. The van der Waals surface area contributed by atoms with Gasteiger partial charge in [-0.05, 0) is 20.3 Å². The first-order chi connectivity index (χ1) is 10.8. The standard InChI is InChI=1S/C14H27N5O2S2/c1-6-19(23(5,20)21)9-7-8-16-14(15-4)17-10-13-11(2)18-12(3)22-13/h6-10H2,1-5H3,(H2,15,16,17). The minimum atomic E-state index is -3.12. The van der Waals surface area contributed by atoms with E-state index in [9.17, 15) is 8.42 Å². The Labute approximate surface area is 143 Å². The molecule has 2 N–H and O–H groups in total. The largest absolute Gasteiger partial charge is 0.356 e. The van der Waals surface area contributed by atoms with Crippen LogP contribution in [-0.2, 0) is 16.6 Å². The number of aliphatic imine (C=N–C) groups is 1. The molecule has 0 bridgehead atoms. The number of aryl methyl sites for hydroxylation is 2. The quantitative estimate of drug-likeness (QED) is 0.411. The second-order valence-corrected chi connectivity index (χ2v) is 8.47. The van der Waals surface area contributed by atoms with Crippen molar-refractivity contribution >= 4 is 27.3 Å². The molecule has 0 aliphatic heterocycles. The Morgan fingerprint density at radius 2 is 2.04 bits per heavy atom. The lowest BCUT2D eigenvalue weighted by Crippen LogP contribution is -2.39. The van der Waals surface area contributed by atoms with E-state index >= 15 is 0 Å². The van der Waals surface area contributed by atoms with Gasteiger partial charge in [0.25, 0.3) is 0 Å². The molecule has 0 atom stereocenters. The number of hydrogen-bond donors (Lipinski definition) is 2. The Bertz CT molecular complexity index is 625. The zero-order valence-electron chi connectivity index (χ0n) is 14.5. The number of guanidine groups is 1. The van der Waals surface area contributed by atoms with E-state index in [0.29, 0.717) is 32.1 Å². The van der Waals surface area contributed by atoms with Crippen LogP contribution in [0.5, 0.6) is 0 Å². The second-order valence-electron chi connectivity index (χ2n) is 5.20. The van der Waals surface area contributed by atoms with Gasteiger partial charge in [0.1, 0.15) is 0 Å². The molecule has 0 saturated heterocycles. The first-order valence-corrected chi connectivity index (χ1v) is 10.3. The van der Waals surface area contributed by atoms with Gasteiger partial charge in [-0.3, -0.25) is 4.99 Å². The molecule has 0 amide bonds. The van der Waals surface area contributed by atoms with Gasteiger partial charge >= 0.3 is 0 Å². The van der Waals surface area contributed by atoms with Gasteiger partial charge in [-0.15, -0.1) is 11.3 Å². The maximum Gasteiger partial charge on any atom is 0.211 e. The summed E-state index contributed by atoms with van der Waals surface area (Å²) in [6, 6.07) is 0. The molecule has 1 aromatic heterocycles. The van der Waals surface area contributed by atoms with Crippen molar-refractivity contribution in [3.05, 3.63) is 15.6 Å². The summed E-state index contributed by atoms with van der Waals surface area (Å²) < 4.78 is 24.5. The van der Waals surface area contributed by atoms with Crippen LogP contribution in [-0.4, -0.2) is 56.6 Å². The highest BCUT2D eigenvalue weighted by atomic mass is 32.2. The third-order valence-corrected chi connectivity index (χ3v) is 5.79. The van der Waals surface area contributed by atoms with Crippen LogP contribution < -0.4 is 10.6 Å². The lowest BCUT2D eigenvalue weighted by molar-refractivity contribution is 0.424. The summed E-state index contributed by atoms with van der Waals surface area (Å²) in [6.07, 6.45) is 1.96. The van der Waals surface area contributed by atoms with Gasteiger partial charge in [0.05, 0.1) is 23.5 Å². The maximum absolute atomic E-state index is 11.5. The zero-order chi connectivity index (χ0) is 17.5. The average Bonchev–Trinajstić information content (AvgIpc) is 2.78. The van der Waals surface area contributed by atoms with Gasteiger partial charge in [0, 0.05) is 31.6 Å². The van der Waals surface area contributed by atoms with E-state index in [0.717, 1.165) is 17.1 Å². The van der Waals surface area contributed by atoms with Gasteiger partial charge in [0.15, 0.2) is 5.96 Å². The summed E-state index contributed by atoms with van der Waals surface area (Å²) in [5, 5.41) is 7.51. The molecule has 0 aliphatic carbocycles. The van der Waals surface area contributed by atoms with Gasteiger partial charge in [-0.25, -0.2) is 17.7 Å². The molecule has 0 fully saturated rings. The molecule has 1 rings (SSSR count). The Hall–Kier alpha value is -1.19. The van der Waals surface area contributed by atoms with Crippen molar-refractivity contribution in [3.63, 3.8) is 0 Å². The van der Waals surface area contributed by atoms with Crippen LogP contribution in [0.4, 0.5) is 0 Å². The summed E-state index contributed by atoms with van der Waals surface area (Å²) in [4.78, 5) is 9.76. The molecule has 0 saturated carbocycles. The summed E-state index contributed by atoms with van der Waals surface area (Å²) in [6.45, 7) is 8.18. The molecule has 9 heteroatoms. The van der Waals surface area contributed by atoms with Gasteiger partial charge in [-0.1, -0.05) is 6.92 Å². The van der Waals surface area contributed by atoms with Crippen LogP contribution in [0.1, 0.15) is 28.9 Å². The first-order valence-electron chi connectivity index (χ1n) is 7.60. The molecule has 0 aliphatic rings. The third kappa shape index (κ3) is 6.84. The van der Waals surface area contributed by atoms with Crippen LogP contribution >= 0.6 is 11.3 Å². The number of rotatable bonds is 8. The highest BCUT2D eigenvalue weighted by Gasteiger charge is 2.13. The predicted molar refractivity (Wildman–Crippen MR) is 96.5 cm³/mol. The molecule has 132 valence electrons. The second kappa shape index (κ2) is 9.19. The van der Waals surface area contributed by atoms with Crippen molar-refractivity contribution in [2.45, 2.75) is 33.7 Å². The minimum absolute atomic E-state index is 0.496. The summed E-state index contributed by atoms with van der Waals surface area (Å²) in [5.41, 5.74) is 1.04. The Kier molecular flexibility index (Phi) is 7.93. The van der Waals surface area contributed by atoms with Crippen molar-refractivity contribution in [1.29, 1.82) is 0 Å². The molecule has 0 aromatic carbocycles. The maximum atomic E-state index is 11.5. The fraction of sp³-hybridized carbons (Fsp3) is 0.714. The van der Waals surface area contributed by atoms with E-state index in [1.807, 2.05) is 20.8 Å². The zero-order valence-corrected chi connectivity index (χ0v) is 16.1. The van der Waals surface area contributed by atoms with Crippen LogP contribution in [0.2, 0.25) is 0 Å². The third-order valence-electron chi connectivity index (χ3n) is 3.34. The van der Waals surface area contributed by atoms with Crippen molar-refractivity contribution in [2.24, 2.45) is 4.99 Å². The van der Waals surface area contributed by atoms with Crippen LogP contribution in [0, 0.1) is 13.8 Å².